The Morgan fingerprint density at radius 2 is 2.00 bits per heavy atom. The van der Waals surface area contributed by atoms with Gasteiger partial charge in [-0.25, -0.2) is 0 Å². The SMILES string of the molecule is CCCC1NC(=O)CN(CCc2ccc(Cl)cc2)C1=O. The Morgan fingerprint density at radius 1 is 1.30 bits per heavy atom. The van der Waals surface area contributed by atoms with Crippen LogP contribution in [0.5, 0.6) is 0 Å². The maximum absolute atomic E-state index is 12.2. The first-order chi connectivity index (χ1) is 9.60. The van der Waals surface area contributed by atoms with Crippen LogP contribution < -0.4 is 5.32 Å². The van der Waals surface area contributed by atoms with Gasteiger partial charge in [-0.3, -0.25) is 9.59 Å². The number of carbonyl (C=O) groups excluding carboxylic acids is 2. The number of piperazine rings is 1. The summed E-state index contributed by atoms with van der Waals surface area (Å²) in [5.74, 6) is -0.0421. The molecule has 0 radical (unpaired) electrons. The van der Waals surface area contributed by atoms with Gasteiger partial charge in [0.05, 0.1) is 6.54 Å². The third-order valence-electron chi connectivity index (χ3n) is 3.44. The second-order valence-corrected chi connectivity index (χ2v) is 5.48. The van der Waals surface area contributed by atoms with Gasteiger partial charge in [0.2, 0.25) is 11.8 Å². The van der Waals surface area contributed by atoms with E-state index in [4.69, 9.17) is 11.6 Å². The van der Waals surface area contributed by atoms with E-state index in [1.165, 1.54) is 0 Å². The summed E-state index contributed by atoms with van der Waals surface area (Å²) in [5, 5.41) is 3.45. The van der Waals surface area contributed by atoms with Gasteiger partial charge in [0.15, 0.2) is 0 Å². The molecule has 20 heavy (non-hydrogen) atoms. The highest BCUT2D eigenvalue weighted by Gasteiger charge is 2.31. The largest absolute Gasteiger partial charge is 0.343 e. The van der Waals surface area contributed by atoms with Crippen molar-refractivity contribution in [1.29, 1.82) is 0 Å². The first kappa shape index (κ1) is 14.9. The van der Waals surface area contributed by atoms with Crippen molar-refractivity contribution in [3.05, 3.63) is 34.9 Å². The molecular formula is C15H19ClN2O2. The fraction of sp³-hybridized carbons (Fsp3) is 0.467. The fourth-order valence-corrected chi connectivity index (χ4v) is 2.49. The first-order valence-electron chi connectivity index (χ1n) is 6.92. The monoisotopic (exact) mass is 294 g/mol. The number of rotatable bonds is 5. The lowest BCUT2D eigenvalue weighted by molar-refractivity contribution is -0.144. The van der Waals surface area contributed by atoms with Crippen LogP contribution in [-0.4, -0.2) is 35.8 Å². The standard InChI is InChI=1S/C15H19ClN2O2/c1-2-3-13-15(20)18(10-14(19)17-13)9-8-11-4-6-12(16)7-5-11/h4-7,13H,2-3,8-10H2,1H3,(H,17,19). The Balaban J connectivity index is 1.95. The van der Waals surface area contributed by atoms with Gasteiger partial charge in [0, 0.05) is 11.6 Å². The Morgan fingerprint density at radius 3 is 2.65 bits per heavy atom. The number of nitrogens with zero attached hydrogens (tertiary/aromatic N) is 1. The summed E-state index contributed by atoms with van der Waals surface area (Å²) in [7, 11) is 0. The Hall–Kier alpha value is -1.55. The third kappa shape index (κ3) is 3.73. The minimum atomic E-state index is -0.355. The molecule has 1 N–H and O–H groups in total. The smallest absolute Gasteiger partial charge is 0.245 e. The zero-order chi connectivity index (χ0) is 14.5. The molecule has 1 aliphatic rings. The van der Waals surface area contributed by atoms with E-state index in [2.05, 4.69) is 5.32 Å². The van der Waals surface area contributed by atoms with Crippen molar-refractivity contribution >= 4 is 23.4 Å². The van der Waals surface area contributed by atoms with Crippen molar-refractivity contribution in [2.75, 3.05) is 13.1 Å². The van der Waals surface area contributed by atoms with E-state index in [1.54, 1.807) is 4.90 Å². The number of hydrogen-bond acceptors (Lipinski definition) is 2. The van der Waals surface area contributed by atoms with Gasteiger partial charge >= 0.3 is 0 Å². The second-order valence-electron chi connectivity index (χ2n) is 5.05. The molecule has 2 amide bonds. The number of halogens is 1. The molecule has 1 saturated heterocycles. The zero-order valence-electron chi connectivity index (χ0n) is 11.6. The minimum Gasteiger partial charge on any atom is -0.343 e. The van der Waals surface area contributed by atoms with Gasteiger partial charge in [-0.2, -0.15) is 0 Å². The van der Waals surface area contributed by atoms with Crippen molar-refractivity contribution in [3.63, 3.8) is 0 Å². The van der Waals surface area contributed by atoms with Crippen LogP contribution in [-0.2, 0) is 16.0 Å². The lowest BCUT2D eigenvalue weighted by Crippen LogP contribution is -2.58. The van der Waals surface area contributed by atoms with Crippen LogP contribution in [0, 0.1) is 0 Å². The lowest BCUT2D eigenvalue weighted by atomic mass is 10.1. The Kier molecular flexibility index (Phi) is 5.01. The number of nitrogens with one attached hydrogen (secondary N) is 1. The average Bonchev–Trinajstić information content (AvgIpc) is 2.43. The first-order valence-corrected chi connectivity index (χ1v) is 7.30. The highest BCUT2D eigenvalue weighted by Crippen LogP contribution is 2.12. The molecule has 1 aromatic carbocycles. The molecule has 1 aromatic rings. The molecule has 5 heteroatoms. The van der Waals surface area contributed by atoms with Crippen LogP contribution >= 0.6 is 11.6 Å². The zero-order valence-corrected chi connectivity index (χ0v) is 12.3. The van der Waals surface area contributed by atoms with Gasteiger partial charge < -0.3 is 10.2 Å². The van der Waals surface area contributed by atoms with Crippen LogP contribution in [0.1, 0.15) is 25.3 Å². The van der Waals surface area contributed by atoms with Crippen LogP contribution in [0.3, 0.4) is 0 Å². The number of amides is 2. The van der Waals surface area contributed by atoms with Crippen molar-refractivity contribution < 1.29 is 9.59 Å². The molecule has 1 unspecified atom stereocenters. The molecule has 2 rings (SSSR count). The summed E-state index contributed by atoms with van der Waals surface area (Å²) in [5.41, 5.74) is 1.11. The predicted octanol–water partition coefficient (Wildman–Crippen LogP) is 2.01. The lowest BCUT2D eigenvalue weighted by Gasteiger charge is -2.32. The van der Waals surface area contributed by atoms with Crippen molar-refractivity contribution in [3.8, 4) is 0 Å². The molecule has 0 bridgehead atoms. The van der Waals surface area contributed by atoms with Gasteiger partial charge in [-0.05, 0) is 30.5 Å². The van der Waals surface area contributed by atoms with Crippen molar-refractivity contribution in [2.24, 2.45) is 0 Å². The molecule has 108 valence electrons. The third-order valence-corrected chi connectivity index (χ3v) is 3.69. The van der Waals surface area contributed by atoms with E-state index >= 15 is 0 Å². The predicted molar refractivity (Wildman–Crippen MR) is 78.6 cm³/mol. The molecule has 0 spiro atoms. The van der Waals surface area contributed by atoms with Gasteiger partial charge in [-0.1, -0.05) is 37.1 Å². The van der Waals surface area contributed by atoms with Gasteiger partial charge in [-0.15, -0.1) is 0 Å². The van der Waals surface area contributed by atoms with E-state index in [-0.39, 0.29) is 24.4 Å². The van der Waals surface area contributed by atoms with Crippen LogP contribution in [0.25, 0.3) is 0 Å². The van der Waals surface area contributed by atoms with E-state index in [1.807, 2.05) is 31.2 Å². The summed E-state index contributed by atoms with van der Waals surface area (Å²) >= 11 is 5.84. The maximum Gasteiger partial charge on any atom is 0.245 e. The summed E-state index contributed by atoms with van der Waals surface area (Å²) in [6.45, 7) is 2.73. The fourth-order valence-electron chi connectivity index (χ4n) is 2.36. The highest BCUT2D eigenvalue weighted by atomic mass is 35.5. The summed E-state index contributed by atoms with van der Waals surface area (Å²) in [6.07, 6.45) is 2.30. The van der Waals surface area contributed by atoms with Crippen LogP contribution in [0.4, 0.5) is 0 Å². The molecule has 1 atom stereocenters. The van der Waals surface area contributed by atoms with Gasteiger partial charge in [0.25, 0.3) is 0 Å². The van der Waals surface area contributed by atoms with E-state index in [0.29, 0.717) is 18.0 Å². The molecule has 0 saturated carbocycles. The molecule has 1 heterocycles. The summed E-state index contributed by atoms with van der Waals surface area (Å²) in [6, 6.07) is 7.20. The topological polar surface area (TPSA) is 49.4 Å². The van der Waals surface area contributed by atoms with Gasteiger partial charge in [0.1, 0.15) is 6.04 Å². The molecule has 4 nitrogen and oxygen atoms in total. The quantitative estimate of drug-likeness (QED) is 0.903. The maximum atomic E-state index is 12.2. The normalized spacial score (nSPS) is 19.1. The Bertz CT molecular complexity index is 487. The summed E-state index contributed by atoms with van der Waals surface area (Å²) < 4.78 is 0. The molecule has 0 aliphatic carbocycles. The minimum absolute atomic E-state index is 0.0282. The van der Waals surface area contributed by atoms with E-state index in [0.717, 1.165) is 18.4 Å². The number of carbonyl (C=O) groups is 2. The summed E-state index contributed by atoms with van der Waals surface area (Å²) in [4.78, 5) is 25.5. The highest BCUT2D eigenvalue weighted by molar-refractivity contribution is 6.30. The van der Waals surface area contributed by atoms with Crippen LogP contribution in [0.2, 0.25) is 5.02 Å². The van der Waals surface area contributed by atoms with Crippen molar-refractivity contribution in [2.45, 2.75) is 32.2 Å². The van der Waals surface area contributed by atoms with Crippen LogP contribution in [0.15, 0.2) is 24.3 Å². The van der Waals surface area contributed by atoms with E-state index < -0.39 is 0 Å². The molecule has 1 aliphatic heterocycles. The second kappa shape index (κ2) is 6.75. The van der Waals surface area contributed by atoms with E-state index in [9.17, 15) is 9.59 Å². The van der Waals surface area contributed by atoms with Crippen molar-refractivity contribution in [1.82, 2.24) is 10.2 Å². The average molecular weight is 295 g/mol. The number of benzene rings is 1. The molecule has 1 fully saturated rings. The Labute approximate surface area is 124 Å². The molecule has 0 aromatic heterocycles. The number of hydrogen-bond donors (Lipinski definition) is 1. The molecular weight excluding hydrogens is 276 g/mol.